The zero-order valence-corrected chi connectivity index (χ0v) is 14.6. The van der Waals surface area contributed by atoms with Crippen LogP contribution in [-0.4, -0.2) is 10.2 Å². The number of fused-ring (bicyclic) bond motifs is 1. The SMILES string of the molecule is N#CC1=C(N)Oc2n[nH]c(-c3ccc(F)cc3)c2[C@H]1c1cccc(C(F)(F)F)c1. The summed E-state index contributed by atoms with van der Waals surface area (Å²) in [4.78, 5) is 0. The fourth-order valence-electron chi connectivity index (χ4n) is 3.31. The fraction of sp³-hybridized carbons (Fsp3) is 0.100. The summed E-state index contributed by atoms with van der Waals surface area (Å²) in [6.45, 7) is 0. The normalized spacial score (nSPS) is 16.2. The second-order valence-electron chi connectivity index (χ2n) is 6.37. The Bertz CT molecular complexity index is 1160. The van der Waals surface area contributed by atoms with Gasteiger partial charge in [0.15, 0.2) is 0 Å². The largest absolute Gasteiger partial charge is 0.420 e. The predicted molar refractivity (Wildman–Crippen MR) is 94.7 cm³/mol. The molecule has 0 bridgehead atoms. The van der Waals surface area contributed by atoms with Crippen LogP contribution in [0, 0.1) is 17.1 Å². The summed E-state index contributed by atoms with van der Waals surface area (Å²) in [5, 5.41) is 16.4. The van der Waals surface area contributed by atoms with Gasteiger partial charge in [0, 0.05) is 5.56 Å². The van der Waals surface area contributed by atoms with Crippen LogP contribution in [0.2, 0.25) is 0 Å². The Hall–Kier alpha value is -3.80. The van der Waals surface area contributed by atoms with Crippen LogP contribution in [0.1, 0.15) is 22.6 Å². The van der Waals surface area contributed by atoms with Gasteiger partial charge in [-0.2, -0.15) is 18.4 Å². The van der Waals surface area contributed by atoms with Crippen LogP contribution in [0.15, 0.2) is 60.0 Å². The molecule has 9 heteroatoms. The number of nitriles is 1. The number of nitrogens with zero attached hydrogens (tertiary/aromatic N) is 2. The molecule has 146 valence electrons. The van der Waals surface area contributed by atoms with Crippen molar-refractivity contribution >= 4 is 0 Å². The Morgan fingerprint density at radius 3 is 2.52 bits per heavy atom. The number of benzene rings is 2. The molecule has 3 aromatic rings. The summed E-state index contributed by atoms with van der Waals surface area (Å²) in [5.74, 6) is -1.58. The summed E-state index contributed by atoms with van der Waals surface area (Å²) in [7, 11) is 0. The first kappa shape index (κ1) is 18.6. The van der Waals surface area contributed by atoms with E-state index in [0.717, 1.165) is 12.1 Å². The first-order valence-electron chi connectivity index (χ1n) is 8.38. The van der Waals surface area contributed by atoms with Crippen molar-refractivity contribution in [2.45, 2.75) is 12.1 Å². The van der Waals surface area contributed by atoms with E-state index in [-0.39, 0.29) is 22.9 Å². The molecule has 1 atom stereocenters. The number of ether oxygens (including phenoxy) is 1. The zero-order chi connectivity index (χ0) is 20.8. The fourth-order valence-corrected chi connectivity index (χ4v) is 3.31. The molecule has 5 nitrogen and oxygen atoms in total. The number of H-pyrrole nitrogens is 1. The van der Waals surface area contributed by atoms with Crippen molar-refractivity contribution in [3.8, 4) is 23.2 Å². The van der Waals surface area contributed by atoms with Gasteiger partial charge in [0.25, 0.3) is 0 Å². The number of hydrogen-bond donors (Lipinski definition) is 2. The van der Waals surface area contributed by atoms with Gasteiger partial charge in [0.1, 0.15) is 17.5 Å². The Kier molecular flexibility index (Phi) is 4.27. The zero-order valence-electron chi connectivity index (χ0n) is 14.6. The third-order valence-electron chi connectivity index (χ3n) is 4.62. The minimum Gasteiger partial charge on any atom is -0.420 e. The maximum atomic E-state index is 13.3. The van der Waals surface area contributed by atoms with Crippen molar-refractivity contribution < 1.29 is 22.3 Å². The summed E-state index contributed by atoms with van der Waals surface area (Å²) < 4.78 is 58.4. The van der Waals surface area contributed by atoms with Crippen molar-refractivity contribution in [3.05, 3.63) is 82.5 Å². The van der Waals surface area contributed by atoms with Gasteiger partial charge >= 0.3 is 6.18 Å². The maximum Gasteiger partial charge on any atom is 0.416 e. The topological polar surface area (TPSA) is 87.7 Å². The smallest absolute Gasteiger partial charge is 0.416 e. The molecule has 0 aliphatic carbocycles. The van der Waals surface area contributed by atoms with Crippen molar-refractivity contribution in [2.24, 2.45) is 5.73 Å². The van der Waals surface area contributed by atoms with Crippen LogP contribution in [0.25, 0.3) is 11.3 Å². The van der Waals surface area contributed by atoms with Gasteiger partial charge in [-0.25, -0.2) is 4.39 Å². The number of aromatic nitrogens is 2. The molecule has 1 aliphatic heterocycles. The average molecular weight is 400 g/mol. The van der Waals surface area contributed by atoms with Gasteiger partial charge in [-0.15, -0.1) is 5.10 Å². The highest BCUT2D eigenvalue weighted by Gasteiger charge is 2.37. The quantitative estimate of drug-likeness (QED) is 0.622. The number of rotatable bonds is 2. The van der Waals surface area contributed by atoms with E-state index in [1.807, 2.05) is 6.07 Å². The molecule has 0 fully saturated rings. The first-order chi connectivity index (χ1) is 13.8. The molecule has 2 heterocycles. The molecule has 0 saturated heterocycles. The minimum absolute atomic E-state index is 0.0402. The lowest BCUT2D eigenvalue weighted by Gasteiger charge is -2.24. The van der Waals surface area contributed by atoms with Gasteiger partial charge in [-0.05, 0) is 35.9 Å². The number of aromatic amines is 1. The Morgan fingerprint density at radius 1 is 1.14 bits per heavy atom. The molecule has 0 spiro atoms. The second kappa shape index (κ2) is 6.67. The summed E-state index contributed by atoms with van der Waals surface area (Å²) in [5.41, 5.74) is 6.41. The number of allylic oxidation sites excluding steroid dienone is 1. The third kappa shape index (κ3) is 3.18. The number of alkyl halides is 3. The van der Waals surface area contributed by atoms with Crippen molar-refractivity contribution in [2.75, 3.05) is 0 Å². The maximum absolute atomic E-state index is 13.3. The molecule has 2 aromatic carbocycles. The molecule has 29 heavy (non-hydrogen) atoms. The molecular formula is C20H12F4N4O. The van der Waals surface area contributed by atoms with Crippen LogP contribution < -0.4 is 10.5 Å². The van der Waals surface area contributed by atoms with Crippen molar-refractivity contribution in [3.63, 3.8) is 0 Å². The second-order valence-corrected chi connectivity index (χ2v) is 6.37. The number of nitrogens with two attached hydrogens (primary N) is 1. The lowest BCUT2D eigenvalue weighted by atomic mass is 9.82. The van der Waals surface area contributed by atoms with E-state index in [2.05, 4.69) is 10.2 Å². The minimum atomic E-state index is -4.55. The molecule has 4 rings (SSSR count). The van der Waals surface area contributed by atoms with E-state index in [0.29, 0.717) is 16.8 Å². The van der Waals surface area contributed by atoms with E-state index in [1.165, 1.54) is 36.4 Å². The van der Waals surface area contributed by atoms with Crippen LogP contribution in [0.5, 0.6) is 5.88 Å². The third-order valence-corrected chi connectivity index (χ3v) is 4.62. The van der Waals surface area contributed by atoms with Crippen LogP contribution in [0.3, 0.4) is 0 Å². The highest BCUT2D eigenvalue weighted by atomic mass is 19.4. The lowest BCUT2D eigenvalue weighted by Crippen LogP contribution is -2.21. The molecule has 0 radical (unpaired) electrons. The Labute approximate surface area is 162 Å². The predicted octanol–water partition coefficient (Wildman–Crippen LogP) is 4.45. The Morgan fingerprint density at radius 2 is 1.86 bits per heavy atom. The highest BCUT2D eigenvalue weighted by Crippen LogP contribution is 2.46. The Balaban J connectivity index is 1.94. The van der Waals surface area contributed by atoms with E-state index in [9.17, 15) is 22.8 Å². The van der Waals surface area contributed by atoms with Crippen LogP contribution >= 0.6 is 0 Å². The molecule has 1 aliphatic rings. The number of halogens is 4. The van der Waals surface area contributed by atoms with Crippen molar-refractivity contribution in [1.82, 2.24) is 10.2 Å². The molecule has 0 amide bonds. The van der Waals surface area contributed by atoms with E-state index >= 15 is 0 Å². The first-order valence-corrected chi connectivity index (χ1v) is 8.38. The lowest BCUT2D eigenvalue weighted by molar-refractivity contribution is -0.137. The van der Waals surface area contributed by atoms with Gasteiger partial charge in [-0.3, -0.25) is 5.10 Å². The standard InChI is InChI=1S/C20H12F4N4O/c21-13-6-4-10(5-7-13)17-16-15(11-2-1-3-12(8-11)20(22,23)24)14(9-25)18(26)29-19(16)28-27-17/h1-8,15H,26H2,(H,27,28)/t15-/m0/s1. The summed E-state index contributed by atoms with van der Waals surface area (Å²) in [6, 6.07) is 12.0. The van der Waals surface area contributed by atoms with Gasteiger partial charge < -0.3 is 10.5 Å². The number of nitrogens with one attached hydrogen (secondary N) is 1. The molecule has 0 unspecified atom stereocenters. The van der Waals surface area contributed by atoms with Crippen LogP contribution in [-0.2, 0) is 6.18 Å². The molecular weight excluding hydrogens is 388 g/mol. The number of hydrogen-bond acceptors (Lipinski definition) is 4. The van der Waals surface area contributed by atoms with Crippen molar-refractivity contribution in [1.29, 1.82) is 5.26 Å². The van der Waals surface area contributed by atoms with E-state index < -0.39 is 23.5 Å². The van der Waals surface area contributed by atoms with E-state index in [4.69, 9.17) is 10.5 Å². The monoisotopic (exact) mass is 400 g/mol. The average Bonchev–Trinajstić information content (AvgIpc) is 3.10. The van der Waals surface area contributed by atoms with Crippen LogP contribution in [0.4, 0.5) is 17.6 Å². The molecule has 3 N–H and O–H groups in total. The molecule has 0 saturated carbocycles. The van der Waals surface area contributed by atoms with Gasteiger partial charge in [0.05, 0.1) is 22.7 Å². The summed E-state index contributed by atoms with van der Waals surface area (Å²) in [6.07, 6.45) is -4.55. The van der Waals surface area contributed by atoms with Gasteiger partial charge in [0.2, 0.25) is 11.8 Å². The summed E-state index contributed by atoms with van der Waals surface area (Å²) >= 11 is 0. The highest BCUT2D eigenvalue weighted by molar-refractivity contribution is 5.70. The van der Waals surface area contributed by atoms with Gasteiger partial charge in [-0.1, -0.05) is 18.2 Å². The van der Waals surface area contributed by atoms with E-state index in [1.54, 1.807) is 0 Å². The molecule has 1 aromatic heterocycles.